The van der Waals surface area contributed by atoms with Gasteiger partial charge in [0.15, 0.2) is 0 Å². The highest BCUT2D eigenvalue weighted by atomic mass is 19.1. The number of aromatic amines is 1. The average molecular weight is 511 g/mol. The lowest BCUT2D eigenvalue weighted by Crippen LogP contribution is -2.37. The van der Waals surface area contributed by atoms with Crippen LogP contribution in [0.25, 0.3) is 10.9 Å². The normalized spacial score (nSPS) is 16.1. The van der Waals surface area contributed by atoms with Crippen LogP contribution in [-0.2, 0) is 11.2 Å². The van der Waals surface area contributed by atoms with Gasteiger partial charge in [0.1, 0.15) is 5.82 Å². The Hall–Kier alpha value is -2.56. The molecule has 1 aromatic carbocycles. The number of nitrogens with one attached hydrogen (secondary N) is 1. The van der Waals surface area contributed by atoms with E-state index in [-0.39, 0.29) is 18.0 Å². The molecule has 0 spiro atoms. The van der Waals surface area contributed by atoms with Crippen molar-refractivity contribution >= 4 is 17.0 Å². The summed E-state index contributed by atoms with van der Waals surface area (Å²) < 4.78 is 19.3. The van der Waals surface area contributed by atoms with Crippen molar-refractivity contribution in [2.75, 3.05) is 13.2 Å². The summed E-state index contributed by atoms with van der Waals surface area (Å²) in [6.07, 6.45) is 28.0. The number of nitrogens with zero attached hydrogens (tertiary/aromatic N) is 1. The van der Waals surface area contributed by atoms with E-state index in [0.717, 1.165) is 61.5 Å². The topological polar surface area (TPSA) is 45.3 Å². The number of hydrogen-bond acceptors (Lipinski definition) is 2. The molecule has 0 aliphatic carbocycles. The van der Waals surface area contributed by atoms with Gasteiger partial charge >= 0.3 is 6.09 Å². The molecule has 204 valence electrons. The predicted octanol–water partition coefficient (Wildman–Crippen LogP) is 9.26. The molecule has 0 radical (unpaired) electrons. The fourth-order valence-corrected chi connectivity index (χ4v) is 5.19. The minimum absolute atomic E-state index is 0.116. The number of fused-ring (bicyclic) bond motifs is 1. The number of unbranched alkanes of at least 4 members (excludes halogenated alkanes) is 9. The highest BCUT2D eigenvalue weighted by Crippen LogP contribution is 2.26. The van der Waals surface area contributed by atoms with Crippen LogP contribution >= 0.6 is 0 Å². The lowest BCUT2D eigenvalue weighted by atomic mass is 10.0. The molecule has 4 nitrogen and oxygen atoms in total. The number of carbonyl (C=O) groups excluding carboxylic acids is 1. The number of ether oxygens (including phenoxy) is 1. The van der Waals surface area contributed by atoms with Gasteiger partial charge in [-0.2, -0.15) is 0 Å². The molecular formula is C32H47FN2O2. The van der Waals surface area contributed by atoms with E-state index in [9.17, 15) is 9.18 Å². The number of carbonyl (C=O) groups is 1. The molecule has 1 aliphatic heterocycles. The second kappa shape index (κ2) is 17.0. The van der Waals surface area contributed by atoms with Crippen molar-refractivity contribution in [2.45, 2.75) is 109 Å². The Morgan fingerprint density at radius 3 is 2.54 bits per heavy atom. The predicted molar refractivity (Wildman–Crippen MR) is 152 cm³/mol. The molecule has 1 atom stereocenters. The monoisotopic (exact) mass is 510 g/mol. The molecule has 3 rings (SSSR count). The second-order valence-corrected chi connectivity index (χ2v) is 10.4. The molecule has 1 aliphatic rings. The molecule has 1 unspecified atom stereocenters. The fraction of sp³-hybridized carbons (Fsp3) is 0.594. The van der Waals surface area contributed by atoms with Gasteiger partial charge in [0, 0.05) is 29.7 Å². The van der Waals surface area contributed by atoms with Crippen molar-refractivity contribution in [3.05, 3.63) is 60.1 Å². The van der Waals surface area contributed by atoms with Crippen LogP contribution in [0.4, 0.5) is 9.18 Å². The van der Waals surface area contributed by atoms with Crippen molar-refractivity contribution in [1.29, 1.82) is 0 Å². The molecule has 2 aromatic rings. The Bertz CT molecular complexity index is 980. The largest absolute Gasteiger partial charge is 0.449 e. The number of halogens is 1. The lowest BCUT2D eigenvalue weighted by molar-refractivity contribution is 0.0964. The van der Waals surface area contributed by atoms with Gasteiger partial charge in [-0.3, -0.25) is 0 Å². The Kier molecular flexibility index (Phi) is 13.4. The number of allylic oxidation sites excluding steroid dienone is 4. The van der Waals surface area contributed by atoms with Crippen LogP contribution in [0.2, 0.25) is 0 Å². The standard InChI is InChI=1S/C32H47FN2O2/c1-2-3-4-5-6-7-8-9-10-11-12-13-14-15-16-17-23-37-32(36)35-22-18-19-29(35)24-27-26-34-31-21-20-28(33)25-30(27)31/h6-7,9-10,20-21,25-26,29,34H,2-5,8,11-19,22-24H2,1H3/b7-6-,10-9-. The quantitative estimate of drug-likeness (QED) is 0.170. The van der Waals surface area contributed by atoms with Crippen LogP contribution in [0.15, 0.2) is 48.7 Å². The van der Waals surface area contributed by atoms with E-state index in [1.54, 1.807) is 12.1 Å². The van der Waals surface area contributed by atoms with Gasteiger partial charge in [-0.05, 0) is 81.5 Å². The van der Waals surface area contributed by atoms with Crippen LogP contribution in [0.5, 0.6) is 0 Å². The van der Waals surface area contributed by atoms with E-state index in [4.69, 9.17) is 4.74 Å². The maximum atomic E-state index is 13.7. The maximum Gasteiger partial charge on any atom is 0.410 e. The van der Waals surface area contributed by atoms with Crippen LogP contribution < -0.4 is 0 Å². The van der Waals surface area contributed by atoms with Crippen molar-refractivity contribution in [3.63, 3.8) is 0 Å². The summed E-state index contributed by atoms with van der Waals surface area (Å²) in [6.45, 7) is 3.48. The minimum atomic E-state index is -0.232. The summed E-state index contributed by atoms with van der Waals surface area (Å²) in [5.41, 5.74) is 1.99. The summed E-state index contributed by atoms with van der Waals surface area (Å²) >= 11 is 0. The molecule has 1 saturated heterocycles. The van der Waals surface area contributed by atoms with Gasteiger partial charge in [-0.1, -0.05) is 69.8 Å². The third-order valence-electron chi connectivity index (χ3n) is 7.37. The first-order chi connectivity index (χ1) is 18.2. The van der Waals surface area contributed by atoms with E-state index >= 15 is 0 Å². The molecule has 1 aromatic heterocycles. The molecule has 1 fully saturated rings. The van der Waals surface area contributed by atoms with Crippen molar-refractivity contribution in [2.24, 2.45) is 0 Å². The lowest BCUT2D eigenvalue weighted by Gasteiger charge is -2.24. The molecule has 1 amide bonds. The zero-order chi connectivity index (χ0) is 26.1. The molecule has 2 heterocycles. The highest BCUT2D eigenvalue weighted by molar-refractivity contribution is 5.83. The first-order valence-electron chi connectivity index (χ1n) is 14.7. The van der Waals surface area contributed by atoms with E-state index in [2.05, 4.69) is 36.2 Å². The van der Waals surface area contributed by atoms with Gasteiger partial charge in [0.25, 0.3) is 0 Å². The Balaban J connectivity index is 1.21. The van der Waals surface area contributed by atoms with Gasteiger partial charge in [0.2, 0.25) is 0 Å². The number of hydrogen-bond donors (Lipinski definition) is 1. The smallest absolute Gasteiger partial charge is 0.410 e. The molecular weight excluding hydrogens is 463 g/mol. The van der Waals surface area contributed by atoms with E-state index in [1.807, 2.05) is 11.1 Å². The summed E-state index contributed by atoms with van der Waals surface area (Å²) in [4.78, 5) is 17.8. The number of amides is 1. The number of benzene rings is 1. The summed E-state index contributed by atoms with van der Waals surface area (Å²) in [7, 11) is 0. The van der Waals surface area contributed by atoms with Crippen LogP contribution in [0, 0.1) is 5.82 Å². The average Bonchev–Trinajstić information content (AvgIpc) is 3.53. The number of likely N-dealkylation sites (tertiary alicyclic amines) is 1. The summed E-state index contributed by atoms with van der Waals surface area (Å²) in [5.74, 6) is -0.232. The third-order valence-corrected chi connectivity index (χ3v) is 7.37. The first-order valence-corrected chi connectivity index (χ1v) is 14.7. The van der Waals surface area contributed by atoms with E-state index in [1.165, 1.54) is 63.9 Å². The molecule has 1 N–H and O–H groups in total. The molecule has 5 heteroatoms. The van der Waals surface area contributed by atoms with Crippen LogP contribution in [0.1, 0.15) is 102 Å². The molecule has 37 heavy (non-hydrogen) atoms. The minimum Gasteiger partial charge on any atom is -0.449 e. The maximum absolute atomic E-state index is 13.7. The number of H-pyrrole nitrogens is 1. The van der Waals surface area contributed by atoms with Gasteiger partial charge in [-0.15, -0.1) is 0 Å². The zero-order valence-electron chi connectivity index (χ0n) is 22.9. The summed E-state index contributed by atoms with van der Waals surface area (Å²) in [6, 6.07) is 4.92. The number of aromatic nitrogens is 1. The Morgan fingerprint density at radius 2 is 1.76 bits per heavy atom. The van der Waals surface area contributed by atoms with E-state index in [0.29, 0.717) is 6.61 Å². The SMILES string of the molecule is CCCCC/C=C\C/C=C\CCCCCCCCOC(=O)N1CCCC1Cc1c[nH]c2ccc(F)cc12. The molecule has 0 saturated carbocycles. The highest BCUT2D eigenvalue weighted by Gasteiger charge is 2.30. The first kappa shape index (κ1) is 29.0. The molecule has 0 bridgehead atoms. The van der Waals surface area contributed by atoms with Gasteiger partial charge < -0.3 is 14.6 Å². The number of rotatable bonds is 17. The fourth-order valence-electron chi connectivity index (χ4n) is 5.19. The second-order valence-electron chi connectivity index (χ2n) is 10.4. The zero-order valence-corrected chi connectivity index (χ0v) is 22.9. The van der Waals surface area contributed by atoms with Crippen LogP contribution in [0.3, 0.4) is 0 Å². The van der Waals surface area contributed by atoms with Crippen molar-refractivity contribution in [3.8, 4) is 0 Å². The van der Waals surface area contributed by atoms with E-state index < -0.39 is 0 Å². The van der Waals surface area contributed by atoms with Crippen molar-refractivity contribution < 1.29 is 13.9 Å². The third kappa shape index (κ3) is 10.4. The summed E-state index contributed by atoms with van der Waals surface area (Å²) in [5, 5.41) is 0.904. The van der Waals surface area contributed by atoms with Gasteiger partial charge in [-0.25, -0.2) is 9.18 Å². The van der Waals surface area contributed by atoms with Gasteiger partial charge in [0.05, 0.1) is 6.61 Å². The Morgan fingerprint density at radius 1 is 1.03 bits per heavy atom. The Labute approximate surface area is 223 Å². The van der Waals surface area contributed by atoms with Crippen molar-refractivity contribution in [1.82, 2.24) is 9.88 Å². The van der Waals surface area contributed by atoms with Crippen LogP contribution in [-0.4, -0.2) is 35.2 Å².